The predicted molar refractivity (Wildman–Crippen MR) is 74.1 cm³/mol. The van der Waals surface area contributed by atoms with Gasteiger partial charge >= 0.3 is 0 Å². The Morgan fingerprint density at radius 1 is 1.30 bits per heavy atom. The number of aryl methyl sites for hydroxylation is 1. The third kappa shape index (κ3) is 2.11. The number of aromatic nitrogens is 4. The molecule has 1 amide bonds. The van der Waals surface area contributed by atoms with Gasteiger partial charge in [-0.2, -0.15) is 0 Å². The molecule has 0 aliphatic rings. The van der Waals surface area contributed by atoms with Crippen molar-refractivity contribution < 1.29 is 4.79 Å². The van der Waals surface area contributed by atoms with Crippen LogP contribution in [0.15, 0.2) is 36.8 Å². The van der Waals surface area contributed by atoms with Crippen LogP contribution in [0.2, 0.25) is 0 Å². The molecule has 2 aromatic heterocycles. The Morgan fingerprint density at radius 3 is 2.80 bits per heavy atom. The van der Waals surface area contributed by atoms with Crippen LogP contribution < -0.4 is 5.73 Å². The second kappa shape index (κ2) is 4.73. The number of rotatable bonds is 3. The first-order valence-electron chi connectivity index (χ1n) is 6.16. The van der Waals surface area contributed by atoms with Gasteiger partial charge in [0, 0.05) is 30.7 Å². The number of para-hydroxylation sites is 1. The van der Waals surface area contributed by atoms with E-state index in [-0.39, 0.29) is 5.82 Å². The molecule has 0 spiro atoms. The SMILES string of the molecule is Cn1cncc1Cc1nc(C(N)=O)nc2ccccc12. The van der Waals surface area contributed by atoms with Crippen molar-refractivity contribution in [3.8, 4) is 0 Å². The zero-order valence-corrected chi connectivity index (χ0v) is 10.9. The molecule has 3 aromatic rings. The van der Waals surface area contributed by atoms with Gasteiger partial charge in [0.05, 0.1) is 17.5 Å². The first kappa shape index (κ1) is 12.3. The molecule has 0 unspecified atom stereocenters. The highest BCUT2D eigenvalue weighted by molar-refractivity contribution is 5.92. The molecule has 6 heteroatoms. The van der Waals surface area contributed by atoms with E-state index in [1.54, 1.807) is 12.5 Å². The van der Waals surface area contributed by atoms with Gasteiger partial charge in [0.1, 0.15) is 0 Å². The maximum absolute atomic E-state index is 11.3. The topological polar surface area (TPSA) is 86.7 Å². The van der Waals surface area contributed by atoms with Gasteiger partial charge < -0.3 is 10.3 Å². The molecule has 0 saturated heterocycles. The predicted octanol–water partition coefficient (Wildman–Crippen LogP) is 1.05. The summed E-state index contributed by atoms with van der Waals surface area (Å²) in [6, 6.07) is 7.57. The number of nitrogens with two attached hydrogens (primary N) is 1. The molecule has 100 valence electrons. The largest absolute Gasteiger partial charge is 0.363 e. The summed E-state index contributed by atoms with van der Waals surface area (Å²) in [4.78, 5) is 23.9. The van der Waals surface area contributed by atoms with Gasteiger partial charge in [0.25, 0.3) is 5.91 Å². The molecule has 2 heterocycles. The molecular formula is C14H13N5O. The van der Waals surface area contributed by atoms with Crippen LogP contribution in [0, 0.1) is 0 Å². The fraction of sp³-hybridized carbons (Fsp3) is 0.143. The van der Waals surface area contributed by atoms with Gasteiger partial charge in [0.2, 0.25) is 5.82 Å². The normalized spacial score (nSPS) is 10.8. The fourth-order valence-electron chi connectivity index (χ4n) is 2.11. The first-order valence-corrected chi connectivity index (χ1v) is 6.16. The summed E-state index contributed by atoms with van der Waals surface area (Å²) in [5, 5.41) is 0.915. The number of nitrogens with zero attached hydrogens (tertiary/aromatic N) is 4. The van der Waals surface area contributed by atoms with Gasteiger partial charge in [-0.25, -0.2) is 15.0 Å². The summed E-state index contributed by atoms with van der Waals surface area (Å²) in [5.41, 5.74) is 7.79. The Morgan fingerprint density at radius 2 is 2.10 bits per heavy atom. The molecule has 0 atom stereocenters. The van der Waals surface area contributed by atoms with Crippen LogP contribution in [-0.4, -0.2) is 25.4 Å². The zero-order valence-electron chi connectivity index (χ0n) is 10.9. The quantitative estimate of drug-likeness (QED) is 0.768. The van der Waals surface area contributed by atoms with Crippen molar-refractivity contribution in [2.75, 3.05) is 0 Å². The summed E-state index contributed by atoms with van der Waals surface area (Å²) in [7, 11) is 1.92. The first-order chi connectivity index (χ1) is 9.65. The maximum atomic E-state index is 11.3. The van der Waals surface area contributed by atoms with Crippen LogP contribution in [0.5, 0.6) is 0 Å². The number of carbonyl (C=O) groups excluding carboxylic acids is 1. The molecule has 20 heavy (non-hydrogen) atoms. The Kier molecular flexibility index (Phi) is 2.90. The van der Waals surface area contributed by atoms with Crippen LogP contribution in [-0.2, 0) is 13.5 Å². The van der Waals surface area contributed by atoms with Crippen molar-refractivity contribution in [2.24, 2.45) is 12.8 Å². The van der Waals surface area contributed by atoms with E-state index >= 15 is 0 Å². The van der Waals surface area contributed by atoms with Crippen LogP contribution in [0.3, 0.4) is 0 Å². The molecule has 0 fully saturated rings. The Balaban J connectivity index is 2.17. The molecule has 0 saturated carbocycles. The van der Waals surface area contributed by atoms with Crippen LogP contribution in [0.4, 0.5) is 0 Å². The highest BCUT2D eigenvalue weighted by Gasteiger charge is 2.12. The second-order valence-electron chi connectivity index (χ2n) is 4.55. The number of amides is 1. The Bertz CT molecular complexity index is 793. The van der Waals surface area contributed by atoms with Gasteiger partial charge in [0.15, 0.2) is 0 Å². The number of fused-ring (bicyclic) bond motifs is 1. The third-order valence-corrected chi connectivity index (χ3v) is 3.17. The summed E-state index contributed by atoms with van der Waals surface area (Å²) in [6.07, 6.45) is 4.08. The second-order valence-corrected chi connectivity index (χ2v) is 4.55. The van der Waals surface area contributed by atoms with E-state index < -0.39 is 5.91 Å². The number of hydrogen-bond donors (Lipinski definition) is 1. The molecule has 0 bridgehead atoms. The maximum Gasteiger partial charge on any atom is 0.286 e. The molecule has 1 aromatic carbocycles. The minimum atomic E-state index is -0.623. The number of carbonyl (C=O) groups is 1. The lowest BCUT2D eigenvalue weighted by atomic mass is 10.1. The van der Waals surface area contributed by atoms with E-state index in [0.717, 1.165) is 16.8 Å². The van der Waals surface area contributed by atoms with Crippen molar-refractivity contribution >= 4 is 16.8 Å². The molecule has 0 radical (unpaired) electrons. The average molecular weight is 267 g/mol. The van der Waals surface area contributed by atoms with Crippen molar-refractivity contribution in [1.29, 1.82) is 0 Å². The standard InChI is InChI=1S/C14H13N5O/c1-19-8-16-7-9(19)6-12-10-4-2-3-5-11(10)17-14(18-12)13(15)20/h2-5,7-8H,6H2,1H3,(H2,15,20). The molecule has 0 aliphatic heterocycles. The lowest BCUT2D eigenvalue weighted by molar-refractivity contribution is 0.0990. The highest BCUT2D eigenvalue weighted by Crippen LogP contribution is 2.18. The highest BCUT2D eigenvalue weighted by atomic mass is 16.1. The molecular weight excluding hydrogens is 254 g/mol. The molecule has 6 nitrogen and oxygen atoms in total. The van der Waals surface area contributed by atoms with Crippen LogP contribution >= 0.6 is 0 Å². The minimum Gasteiger partial charge on any atom is -0.363 e. The summed E-state index contributed by atoms with van der Waals surface area (Å²) < 4.78 is 1.92. The smallest absolute Gasteiger partial charge is 0.286 e. The van der Waals surface area contributed by atoms with Crippen molar-refractivity contribution in [3.05, 3.63) is 54.0 Å². The fourth-order valence-corrected chi connectivity index (χ4v) is 2.11. The van der Waals surface area contributed by atoms with Gasteiger partial charge in [-0.05, 0) is 6.07 Å². The summed E-state index contributed by atoms with van der Waals surface area (Å²) in [5.74, 6) is -0.581. The monoisotopic (exact) mass is 267 g/mol. The molecule has 2 N–H and O–H groups in total. The van der Waals surface area contributed by atoms with Gasteiger partial charge in [-0.1, -0.05) is 18.2 Å². The number of hydrogen-bond acceptors (Lipinski definition) is 4. The molecule has 0 aliphatic carbocycles. The van der Waals surface area contributed by atoms with E-state index in [1.807, 2.05) is 35.9 Å². The van der Waals surface area contributed by atoms with Gasteiger partial charge in [-0.3, -0.25) is 4.79 Å². The van der Waals surface area contributed by atoms with E-state index in [9.17, 15) is 4.79 Å². The third-order valence-electron chi connectivity index (χ3n) is 3.17. The number of benzene rings is 1. The number of primary amides is 1. The van der Waals surface area contributed by atoms with E-state index in [2.05, 4.69) is 15.0 Å². The molecule has 3 rings (SSSR count). The van der Waals surface area contributed by atoms with Gasteiger partial charge in [-0.15, -0.1) is 0 Å². The van der Waals surface area contributed by atoms with E-state index in [1.165, 1.54) is 0 Å². The van der Waals surface area contributed by atoms with Crippen molar-refractivity contribution in [1.82, 2.24) is 19.5 Å². The van der Waals surface area contributed by atoms with Crippen molar-refractivity contribution in [2.45, 2.75) is 6.42 Å². The average Bonchev–Trinajstić information content (AvgIpc) is 2.84. The van der Waals surface area contributed by atoms with Crippen LogP contribution in [0.1, 0.15) is 22.0 Å². The summed E-state index contributed by atoms with van der Waals surface area (Å²) in [6.45, 7) is 0. The van der Waals surface area contributed by atoms with Crippen molar-refractivity contribution in [3.63, 3.8) is 0 Å². The lowest BCUT2D eigenvalue weighted by Gasteiger charge is -2.07. The van der Waals surface area contributed by atoms with E-state index in [0.29, 0.717) is 11.9 Å². The number of imidazole rings is 1. The zero-order chi connectivity index (χ0) is 14.1. The van der Waals surface area contributed by atoms with E-state index in [4.69, 9.17) is 5.73 Å². The summed E-state index contributed by atoms with van der Waals surface area (Å²) >= 11 is 0. The lowest BCUT2D eigenvalue weighted by Crippen LogP contribution is -2.17. The Labute approximate surface area is 115 Å². The van der Waals surface area contributed by atoms with Crippen LogP contribution in [0.25, 0.3) is 10.9 Å². The Hall–Kier alpha value is -2.76. The minimum absolute atomic E-state index is 0.0425.